The Balaban J connectivity index is 2.11. The van der Waals surface area contributed by atoms with Crippen molar-refractivity contribution in [2.75, 3.05) is 6.61 Å². The Morgan fingerprint density at radius 3 is 2.30 bits per heavy atom. The van der Waals surface area contributed by atoms with Gasteiger partial charge in [-0.25, -0.2) is 4.79 Å². The van der Waals surface area contributed by atoms with Crippen LogP contribution < -0.4 is 4.74 Å². The number of aromatic carboxylic acids is 1. The van der Waals surface area contributed by atoms with Gasteiger partial charge in [-0.15, -0.1) is 0 Å². The van der Waals surface area contributed by atoms with Gasteiger partial charge in [0.15, 0.2) is 0 Å². The quantitative estimate of drug-likeness (QED) is 0.630. The fourth-order valence-corrected chi connectivity index (χ4v) is 2.61. The van der Waals surface area contributed by atoms with Gasteiger partial charge in [-0.3, -0.25) is 0 Å². The van der Waals surface area contributed by atoms with Crippen LogP contribution in [0.25, 0.3) is 11.1 Å². The molecule has 0 fully saturated rings. The van der Waals surface area contributed by atoms with Crippen molar-refractivity contribution in [2.24, 2.45) is 0 Å². The van der Waals surface area contributed by atoms with E-state index in [0.717, 1.165) is 17.7 Å². The number of carbonyl (C=O) groups is 1. The van der Waals surface area contributed by atoms with Crippen LogP contribution in [0.4, 0.5) is 0 Å². The third-order valence-electron chi connectivity index (χ3n) is 3.84. The first-order chi connectivity index (χ1) is 11.2. The van der Waals surface area contributed by atoms with Crippen molar-refractivity contribution in [1.82, 2.24) is 0 Å². The Morgan fingerprint density at radius 1 is 0.913 bits per heavy atom. The average Bonchev–Trinajstić information content (AvgIpc) is 2.58. The van der Waals surface area contributed by atoms with Gasteiger partial charge in [0.25, 0.3) is 0 Å². The molecule has 0 amide bonds. The molecule has 3 nitrogen and oxygen atoms in total. The van der Waals surface area contributed by atoms with Crippen molar-refractivity contribution in [3.05, 3.63) is 54.1 Å². The number of carboxylic acid groups (broad SMARTS) is 1. The number of rotatable bonds is 9. The molecular formula is C20H24O3. The smallest absolute Gasteiger partial charge is 0.336 e. The second-order valence-electron chi connectivity index (χ2n) is 5.61. The summed E-state index contributed by atoms with van der Waals surface area (Å²) in [6, 6.07) is 14.7. The van der Waals surface area contributed by atoms with Crippen LogP contribution in [0.3, 0.4) is 0 Å². The molecule has 1 N–H and O–H groups in total. The summed E-state index contributed by atoms with van der Waals surface area (Å²) >= 11 is 0. The maximum Gasteiger partial charge on any atom is 0.336 e. The first kappa shape index (κ1) is 17.1. The van der Waals surface area contributed by atoms with Crippen molar-refractivity contribution in [3.8, 4) is 16.9 Å². The molecule has 0 aliphatic carbocycles. The molecule has 0 aliphatic heterocycles. The number of unbranched alkanes of at least 4 members (excludes halogenated alkanes) is 4. The van der Waals surface area contributed by atoms with E-state index in [4.69, 9.17) is 4.74 Å². The summed E-state index contributed by atoms with van der Waals surface area (Å²) < 4.78 is 5.91. The highest BCUT2D eigenvalue weighted by Gasteiger charge is 2.14. The van der Waals surface area contributed by atoms with Gasteiger partial charge >= 0.3 is 5.97 Å². The van der Waals surface area contributed by atoms with Crippen molar-refractivity contribution in [2.45, 2.75) is 39.0 Å². The highest BCUT2D eigenvalue weighted by Crippen LogP contribution is 2.32. The summed E-state index contributed by atoms with van der Waals surface area (Å²) in [7, 11) is 0. The molecule has 0 unspecified atom stereocenters. The fourth-order valence-electron chi connectivity index (χ4n) is 2.61. The molecule has 122 valence electrons. The van der Waals surface area contributed by atoms with Crippen LogP contribution in [0.2, 0.25) is 0 Å². The van der Waals surface area contributed by atoms with Gasteiger partial charge in [-0.05, 0) is 24.1 Å². The molecule has 23 heavy (non-hydrogen) atoms. The van der Waals surface area contributed by atoms with Crippen LogP contribution in [0.15, 0.2) is 48.5 Å². The highest BCUT2D eigenvalue weighted by atomic mass is 16.5. The number of carboxylic acids is 1. The van der Waals surface area contributed by atoms with Crippen LogP contribution in [0, 0.1) is 0 Å². The van der Waals surface area contributed by atoms with E-state index in [9.17, 15) is 9.90 Å². The molecule has 0 heterocycles. The average molecular weight is 312 g/mol. The first-order valence-electron chi connectivity index (χ1n) is 8.28. The number of benzene rings is 2. The van der Waals surface area contributed by atoms with Crippen molar-refractivity contribution >= 4 is 5.97 Å². The van der Waals surface area contributed by atoms with Crippen molar-refractivity contribution in [1.29, 1.82) is 0 Å². The molecular weight excluding hydrogens is 288 g/mol. The molecule has 2 aromatic rings. The molecule has 0 radical (unpaired) electrons. The molecule has 2 aromatic carbocycles. The minimum absolute atomic E-state index is 0.298. The van der Waals surface area contributed by atoms with Crippen molar-refractivity contribution < 1.29 is 14.6 Å². The summed E-state index contributed by atoms with van der Waals surface area (Å²) in [5.41, 5.74) is 1.83. The lowest BCUT2D eigenvalue weighted by Gasteiger charge is -2.13. The largest absolute Gasteiger partial charge is 0.493 e. The topological polar surface area (TPSA) is 46.5 Å². The van der Waals surface area contributed by atoms with Gasteiger partial charge in [0.05, 0.1) is 12.2 Å². The Labute approximate surface area is 137 Å². The molecule has 0 saturated heterocycles. The van der Waals surface area contributed by atoms with Crippen LogP contribution in [0.5, 0.6) is 5.75 Å². The van der Waals surface area contributed by atoms with Crippen LogP contribution in [0.1, 0.15) is 49.4 Å². The van der Waals surface area contributed by atoms with E-state index in [2.05, 4.69) is 6.92 Å². The van der Waals surface area contributed by atoms with E-state index in [1.54, 1.807) is 12.1 Å². The first-order valence-corrected chi connectivity index (χ1v) is 8.28. The zero-order chi connectivity index (χ0) is 16.5. The maximum absolute atomic E-state index is 11.4. The Morgan fingerprint density at radius 2 is 1.57 bits per heavy atom. The minimum atomic E-state index is -0.921. The van der Waals surface area contributed by atoms with Gasteiger partial charge in [-0.2, -0.15) is 0 Å². The maximum atomic E-state index is 11.4. The zero-order valence-corrected chi connectivity index (χ0v) is 13.6. The third kappa shape index (κ3) is 4.85. The third-order valence-corrected chi connectivity index (χ3v) is 3.84. The summed E-state index contributed by atoms with van der Waals surface area (Å²) in [5.74, 6) is -0.174. The van der Waals surface area contributed by atoms with E-state index in [1.807, 2.05) is 36.4 Å². The zero-order valence-electron chi connectivity index (χ0n) is 13.6. The number of ether oxygens (including phenoxy) is 1. The Hall–Kier alpha value is -2.29. The molecule has 0 saturated carbocycles. The van der Waals surface area contributed by atoms with Gasteiger partial charge in [0, 0.05) is 5.56 Å². The normalized spacial score (nSPS) is 10.5. The predicted octanol–water partition coefficient (Wildman–Crippen LogP) is 5.40. The SMILES string of the molecule is CCCCCCCOc1ccccc1-c1ccccc1C(=O)O. The van der Waals surface area contributed by atoms with E-state index in [1.165, 1.54) is 25.7 Å². The van der Waals surface area contributed by atoms with Crippen LogP contribution in [-0.2, 0) is 0 Å². The molecule has 0 aliphatic rings. The number of hydrogen-bond acceptors (Lipinski definition) is 2. The summed E-state index contributed by atoms with van der Waals surface area (Å²) in [4.78, 5) is 11.4. The van der Waals surface area contributed by atoms with E-state index >= 15 is 0 Å². The van der Waals surface area contributed by atoms with Crippen LogP contribution in [-0.4, -0.2) is 17.7 Å². The van der Waals surface area contributed by atoms with Gasteiger partial charge in [0.2, 0.25) is 0 Å². The molecule has 0 bridgehead atoms. The summed E-state index contributed by atoms with van der Waals surface area (Å²) in [5, 5.41) is 9.37. The van der Waals surface area contributed by atoms with E-state index < -0.39 is 5.97 Å². The molecule has 0 atom stereocenters. The monoisotopic (exact) mass is 312 g/mol. The number of hydrogen-bond donors (Lipinski definition) is 1. The molecule has 0 spiro atoms. The minimum Gasteiger partial charge on any atom is -0.493 e. The Kier molecular flexibility index (Phi) is 6.67. The lowest BCUT2D eigenvalue weighted by Crippen LogP contribution is -2.02. The second kappa shape index (κ2) is 8.99. The standard InChI is InChI=1S/C20H24O3/c1-2-3-4-5-10-15-23-19-14-9-8-12-17(19)16-11-6-7-13-18(16)20(21)22/h6-9,11-14H,2-5,10,15H2,1H3,(H,21,22). The van der Waals surface area contributed by atoms with Gasteiger partial charge < -0.3 is 9.84 Å². The lowest BCUT2D eigenvalue weighted by atomic mass is 9.99. The molecule has 0 aromatic heterocycles. The molecule has 3 heteroatoms. The van der Waals surface area contributed by atoms with Crippen LogP contribution >= 0.6 is 0 Å². The summed E-state index contributed by atoms with van der Waals surface area (Å²) in [6.45, 7) is 2.86. The van der Waals surface area contributed by atoms with Gasteiger partial charge in [-0.1, -0.05) is 69.0 Å². The predicted molar refractivity (Wildman–Crippen MR) is 93.1 cm³/mol. The van der Waals surface area contributed by atoms with E-state index in [-0.39, 0.29) is 0 Å². The molecule has 2 rings (SSSR count). The second-order valence-corrected chi connectivity index (χ2v) is 5.61. The fraction of sp³-hybridized carbons (Fsp3) is 0.350. The number of para-hydroxylation sites is 1. The highest BCUT2D eigenvalue weighted by molar-refractivity contribution is 5.96. The van der Waals surface area contributed by atoms with E-state index in [0.29, 0.717) is 17.7 Å². The summed E-state index contributed by atoms with van der Waals surface area (Å²) in [6.07, 6.45) is 5.93. The van der Waals surface area contributed by atoms with Crippen molar-refractivity contribution in [3.63, 3.8) is 0 Å². The lowest BCUT2D eigenvalue weighted by molar-refractivity contribution is 0.0697. The Bertz CT molecular complexity index is 634. The van der Waals surface area contributed by atoms with Gasteiger partial charge in [0.1, 0.15) is 5.75 Å².